The summed E-state index contributed by atoms with van der Waals surface area (Å²) in [5.74, 6) is 1.98. The van der Waals surface area contributed by atoms with E-state index in [1.54, 1.807) is 26.4 Å². The number of nitrogens with zero attached hydrogens (tertiary/aromatic N) is 1. The summed E-state index contributed by atoms with van der Waals surface area (Å²) in [6.45, 7) is 3.92. The van der Waals surface area contributed by atoms with Crippen molar-refractivity contribution in [1.82, 2.24) is 4.90 Å². The van der Waals surface area contributed by atoms with Crippen molar-refractivity contribution >= 4 is 0 Å². The van der Waals surface area contributed by atoms with Crippen LogP contribution in [0.5, 0.6) is 11.5 Å². The molecule has 0 amide bonds. The molecule has 0 radical (unpaired) electrons. The maximum Gasteiger partial charge on any atom is 0.160 e. The zero-order valence-corrected chi connectivity index (χ0v) is 14.5. The quantitative estimate of drug-likeness (QED) is 0.886. The molecule has 2 unspecified atom stereocenters. The summed E-state index contributed by atoms with van der Waals surface area (Å²) >= 11 is 0. The number of piperidine rings is 1. The van der Waals surface area contributed by atoms with Crippen molar-refractivity contribution in [2.24, 2.45) is 5.92 Å². The maximum absolute atomic E-state index is 10.0. The van der Waals surface area contributed by atoms with E-state index in [1.807, 2.05) is 12.1 Å². The molecule has 130 valence electrons. The summed E-state index contributed by atoms with van der Waals surface area (Å²) in [5, 5.41) is 20.0. The average molecular weight is 331 g/mol. The molecule has 1 aromatic carbocycles. The molecule has 24 heavy (non-hydrogen) atoms. The summed E-state index contributed by atoms with van der Waals surface area (Å²) in [4.78, 5) is 2.39. The number of phenols is 1. The van der Waals surface area contributed by atoms with Crippen LogP contribution in [-0.2, 0) is 11.3 Å². The Labute approximate surface area is 142 Å². The number of allylic oxidation sites excluding steroid dienone is 2. The largest absolute Gasteiger partial charge is 0.508 e. The van der Waals surface area contributed by atoms with E-state index in [9.17, 15) is 10.2 Å². The third-order valence-corrected chi connectivity index (χ3v) is 5.14. The fourth-order valence-corrected chi connectivity index (χ4v) is 3.72. The number of phenolic OH excluding ortho intramolecular Hbond substituents is 1. The van der Waals surface area contributed by atoms with Gasteiger partial charge in [0.15, 0.2) is 17.3 Å². The molecule has 1 fully saturated rings. The molecular formula is C19H25NO4. The second-order valence-corrected chi connectivity index (χ2v) is 6.50. The van der Waals surface area contributed by atoms with Gasteiger partial charge in [-0.2, -0.15) is 0 Å². The molecule has 2 N–H and O–H groups in total. The van der Waals surface area contributed by atoms with Crippen molar-refractivity contribution in [1.29, 1.82) is 0 Å². The number of hydrogen-bond donors (Lipinski definition) is 2. The van der Waals surface area contributed by atoms with Crippen LogP contribution in [0.3, 0.4) is 0 Å². The number of hydrogen-bond acceptors (Lipinski definition) is 5. The first-order valence-corrected chi connectivity index (χ1v) is 8.31. The standard InChI is InChI=1S/C19H25NO4/c1-12-15-10-19(24-3)17(22)9-14(15)6-7-20(12)11-13-4-5-18(23-2)16(21)8-13/h4-5,8,10,12,14,21-22H,6-7,9,11H2,1-3H3. The van der Waals surface area contributed by atoms with Gasteiger partial charge in [0.05, 0.1) is 14.2 Å². The number of ether oxygens (including phenoxy) is 2. The Morgan fingerprint density at radius 2 is 2.00 bits per heavy atom. The van der Waals surface area contributed by atoms with Gasteiger partial charge in [0, 0.05) is 19.0 Å². The zero-order chi connectivity index (χ0) is 17.3. The number of likely N-dealkylation sites (tertiary alicyclic amines) is 1. The van der Waals surface area contributed by atoms with Crippen LogP contribution >= 0.6 is 0 Å². The minimum Gasteiger partial charge on any atom is -0.508 e. The van der Waals surface area contributed by atoms with Gasteiger partial charge in [0.1, 0.15) is 5.76 Å². The highest BCUT2D eigenvalue weighted by atomic mass is 16.5. The van der Waals surface area contributed by atoms with Gasteiger partial charge in [-0.3, -0.25) is 4.90 Å². The lowest BCUT2D eigenvalue weighted by Crippen LogP contribution is -2.43. The summed E-state index contributed by atoms with van der Waals surface area (Å²) in [5.41, 5.74) is 2.37. The topological polar surface area (TPSA) is 62.2 Å². The first-order chi connectivity index (χ1) is 11.5. The summed E-state index contributed by atoms with van der Waals surface area (Å²) < 4.78 is 10.4. The number of fused-ring (bicyclic) bond motifs is 1. The molecule has 5 heteroatoms. The SMILES string of the molecule is COC1=C(O)CC2CCN(Cc3ccc(OC)c(O)c3)C(C)C2=C1. The average Bonchev–Trinajstić information content (AvgIpc) is 2.57. The zero-order valence-electron chi connectivity index (χ0n) is 14.5. The Balaban J connectivity index is 1.78. The maximum atomic E-state index is 10.0. The first-order valence-electron chi connectivity index (χ1n) is 8.31. The minimum absolute atomic E-state index is 0.170. The molecule has 1 aromatic rings. The van der Waals surface area contributed by atoms with Crippen LogP contribution < -0.4 is 4.74 Å². The molecule has 5 nitrogen and oxygen atoms in total. The van der Waals surface area contributed by atoms with Crippen LogP contribution in [0.15, 0.2) is 41.4 Å². The van der Waals surface area contributed by atoms with E-state index in [4.69, 9.17) is 9.47 Å². The van der Waals surface area contributed by atoms with Gasteiger partial charge in [0.2, 0.25) is 0 Å². The predicted octanol–water partition coefficient (Wildman–Crippen LogP) is 3.36. The van der Waals surface area contributed by atoms with Crippen molar-refractivity contribution < 1.29 is 19.7 Å². The van der Waals surface area contributed by atoms with Gasteiger partial charge in [0.25, 0.3) is 0 Å². The van der Waals surface area contributed by atoms with E-state index in [1.165, 1.54) is 5.57 Å². The number of methoxy groups -OCH3 is 2. The molecule has 1 aliphatic carbocycles. The highest BCUT2D eigenvalue weighted by molar-refractivity contribution is 5.42. The lowest BCUT2D eigenvalue weighted by atomic mass is 9.80. The Morgan fingerprint density at radius 3 is 2.67 bits per heavy atom. The smallest absolute Gasteiger partial charge is 0.160 e. The molecule has 2 atom stereocenters. The highest BCUT2D eigenvalue weighted by Gasteiger charge is 2.34. The molecule has 2 aliphatic rings. The predicted molar refractivity (Wildman–Crippen MR) is 92.0 cm³/mol. The van der Waals surface area contributed by atoms with Gasteiger partial charge < -0.3 is 19.7 Å². The van der Waals surface area contributed by atoms with Crippen molar-refractivity contribution in [3.05, 3.63) is 46.9 Å². The Kier molecular flexibility index (Phi) is 4.71. The van der Waals surface area contributed by atoms with Crippen LogP contribution in [-0.4, -0.2) is 41.9 Å². The van der Waals surface area contributed by atoms with Crippen molar-refractivity contribution in [3.8, 4) is 11.5 Å². The summed E-state index contributed by atoms with van der Waals surface area (Å²) in [7, 11) is 3.14. The van der Waals surface area contributed by atoms with Gasteiger partial charge in [-0.05, 0) is 55.2 Å². The van der Waals surface area contributed by atoms with Gasteiger partial charge in [-0.25, -0.2) is 0 Å². The molecule has 1 saturated heterocycles. The number of rotatable bonds is 4. The van der Waals surface area contributed by atoms with E-state index in [-0.39, 0.29) is 11.8 Å². The molecule has 0 aromatic heterocycles. The van der Waals surface area contributed by atoms with Crippen LogP contribution in [0.4, 0.5) is 0 Å². The van der Waals surface area contributed by atoms with E-state index >= 15 is 0 Å². The molecule has 1 heterocycles. The van der Waals surface area contributed by atoms with Crippen LogP contribution in [0.2, 0.25) is 0 Å². The molecule has 1 aliphatic heterocycles. The van der Waals surface area contributed by atoms with E-state index in [2.05, 4.69) is 11.8 Å². The molecule has 0 bridgehead atoms. The Hall–Kier alpha value is -2.14. The van der Waals surface area contributed by atoms with E-state index in [0.29, 0.717) is 29.6 Å². The molecular weight excluding hydrogens is 306 g/mol. The first kappa shape index (κ1) is 16.7. The monoisotopic (exact) mass is 331 g/mol. The highest BCUT2D eigenvalue weighted by Crippen LogP contribution is 2.38. The lowest BCUT2D eigenvalue weighted by molar-refractivity contribution is 0.152. The number of aliphatic hydroxyl groups excluding tert-OH is 1. The lowest BCUT2D eigenvalue weighted by Gasteiger charge is -2.41. The summed E-state index contributed by atoms with van der Waals surface area (Å²) in [6, 6.07) is 5.82. The van der Waals surface area contributed by atoms with Gasteiger partial charge in [-0.15, -0.1) is 0 Å². The number of benzene rings is 1. The minimum atomic E-state index is 0.170. The van der Waals surface area contributed by atoms with Crippen LogP contribution in [0, 0.1) is 5.92 Å². The second-order valence-electron chi connectivity index (χ2n) is 6.50. The van der Waals surface area contributed by atoms with Gasteiger partial charge >= 0.3 is 0 Å². The normalized spacial score (nSPS) is 24.4. The van der Waals surface area contributed by atoms with Crippen LogP contribution in [0.25, 0.3) is 0 Å². The summed E-state index contributed by atoms with van der Waals surface area (Å²) in [6.07, 6.45) is 3.67. The number of aliphatic hydroxyl groups is 1. The van der Waals surface area contributed by atoms with Crippen molar-refractivity contribution in [3.63, 3.8) is 0 Å². The van der Waals surface area contributed by atoms with E-state index in [0.717, 1.165) is 25.1 Å². The molecule has 3 rings (SSSR count). The fraction of sp³-hybridized carbons (Fsp3) is 0.474. The molecule has 0 spiro atoms. The van der Waals surface area contributed by atoms with Crippen molar-refractivity contribution in [2.45, 2.75) is 32.4 Å². The van der Waals surface area contributed by atoms with Crippen molar-refractivity contribution in [2.75, 3.05) is 20.8 Å². The Morgan fingerprint density at radius 1 is 1.21 bits per heavy atom. The number of aromatic hydroxyl groups is 1. The van der Waals surface area contributed by atoms with E-state index < -0.39 is 0 Å². The third kappa shape index (κ3) is 3.08. The Bertz CT molecular complexity index is 680. The molecule has 0 saturated carbocycles. The van der Waals surface area contributed by atoms with Gasteiger partial charge in [-0.1, -0.05) is 6.07 Å². The van der Waals surface area contributed by atoms with Crippen LogP contribution in [0.1, 0.15) is 25.3 Å². The fourth-order valence-electron chi connectivity index (χ4n) is 3.72. The second kappa shape index (κ2) is 6.77. The third-order valence-electron chi connectivity index (χ3n) is 5.14.